The van der Waals surface area contributed by atoms with Gasteiger partial charge in [0.1, 0.15) is 5.15 Å². The van der Waals surface area contributed by atoms with Crippen LogP contribution < -0.4 is 0 Å². The molecule has 2 heterocycles. The smallest absolute Gasteiger partial charge is 0.306 e. The van der Waals surface area contributed by atoms with E-state index in [0.29, 0.717) is 42.3 Å². The number of aromatic nitrogens is 2. The molecule has 0 unspecified atom stereocenters. The monoisotopic (exact) mass is 313 g/mol. The molecule has 1 aromatic heterocycles. The number of carbonyl (C=O) groups is 2. The van der Waals surface area contributed by atoms with Crippen LogP contribution in [0, 0.1) is 5.92 Å². The molecule has 0 saturated carbocycles. The van der Waals surface area contributed by atoms with Crippen LogP contribution in [0.3, 0.4) is 0 Å². The van der Waals surface area contributed by atoms with Crippen LogP contribution >= 0.6 is 11.6 Å². The van der Waals surface area contributed by atoms with Gasteiger partial charge < -0.3 is 10.0 Å². The molecule has 116 valence electrons. The summed E-state index contributed by atoms with van der Waals surface area (Å²) in [7, 11) is 1.71. The summed E-state index contributed by atoms with van der Waals surface area (Å²) in [6, 6.07) is 0. The highest BCUT2D eigenvalue weighted by molar-refractivity contribution is 6.33. The Hall–Kier alpha value is -1.56. The van der Waals surface area contributed by atoms with Gasteiger partial charge in [-0.2, -0.15) is 5.10 Å². The first-order chi connectivity index (χ1) is 9.82. The summed E-state index contributed by atoms with van der Waals surface area (Å²) in [5, 5.41) is 13.7. The molecule has 0 atom stereocenters. The fourth-order valence-electron chi connectivity index (χ4n) is 2.61. The van der Waals surface area contributed by atoms with Crippen LogP contribution in [0.25, 0.3) is 0 Å². The minimum absolute atomic E-state index is 0.0965. The number of piperidine rings is 1. The highest BCUT2D eigenvalue weighted by Crippen LogP contribution is 2.28. The SMILES string of the molecule is CC(C)c1nn(C)c(Cl)c1C(=O)N1CCC(C(=O)O)CC1. The average molecular weight is 314 g/mol. The van der Waals surface area contributed by atoms with Gasteiger partial charge in [0.2, 0.25) is 0 Å². The Balaban J connectivity index is 2.20. The second-order valence-electron chi connectivity index (χ2n) is 5.73. The van der Waals surface area contributed by atoms with Crippen LogP contribution in [0.5, 0.6) is 0 Å². The van der Waals surface area contributed by atoms with Crippen LogP contribution in [-0.4, -0.2) is 44.8 Å². The number of nitrogens with zero attached hydrogens (tertiary/aromatic N) is 3. The Morgan fingerprint density at radius 1 is 1.33 bits per heavy atom. The largest absolute Gasteiger partial charge is 0.481 e. The lowest BCUT2D eigenvalue weighted by Crippen LogP contribution is -2.40. The van der Waals surface area contributed by atoms with Crippen molar-refractivity contribution >= 4 is 23.5 Å². The van der Waals surface area contributed by atoms with E-state index in [-0.39, 0.29) is 17.7 Å². The Labute approximate surface area is 128 Å². The average Bonchev–Trinajstić information content (AvgIpc) is 2.74. The zero-order valence-electron chi connectivity index (χ0n) is 12.5. The van der Waals surface area contributed by atoms with Crippen molar-refractivity contribution in [3.63, 3.8) is 0 Å². The molecule has 1 amide bonds. The molecule has 0 spiro atoms. The van der Waals surface area contributed by atoms with Gasteiger partial charge in [-0.3, -0.25) is 14.3 Å². The van der Waals surface area contributed by atoms with Gasteiger partial charge in [-0.1, -0.05) is 25.4 Å². The molecule has 1 N–H and O–H groups in total. The maximum atomic E-state index is 12.7. The molecule has 1 fully saturated rings. The van der Waals surface area contributed by atoms with Crippen molar-refractivity contribution in [3.8, 4) is 0 Å². The van der Waals surface area contributed by atoms with Crippen molar-refractivity contribution < 1.29 is 14.7 Å². The van der Waals surface area contributed by atoms with E-state index in [1.807, 2.05) is 13.8 Å². The van der Waals surface area contributed by atoms with Crippen molar-refractivity contribution in [2.24, 2.45) is 13.0 Å². The predicted octanol–water partition coefficient (Wildman–Crippen LogP) is 2.13. The first kappa shape index (κ1) is 15.8. The van der Waals surface area contributed by atoms with Gasteiger partial charge >= 0.3 is 5.97 Å². The van der Waals surface area contributed by atoms with Crippen LogP contribution in [0.1, 0.15) is 48.7 Å². The summed E-state index contributed by atoms with van der Waals surface area (Å²) >= 11 is 6.21. The lowest BCUT2D eigenvalue weighted by atomic mass is 9.96. The molecule has 1 aliphatic heterocycles. The maximum absolute atomic E-state index is 12.7. The van der Waals surface area contributed by atoms with E-state index in [0.717, 1.165) is 0 Å². The van der Waals surface area contributed by atoms with E-state index in [1.165, 1.54) is 4.68 Å². The molecule has 21 heavy (non-hydrogen) atoms. The molecule has 0 radical (unpaired) electrons. The molecule has 6 nitrogen and oxygen atoms in total. The number of hydrogen-bond acceptors (Lipinski definition) is 3. The summed E-state index contributed by atoms with van der Waals surface area (Å²) in [6.07, 6.45) is 0.964. The van der Waals surface area contributed by atoms with Gasteiger partial charge in [-0.15, -0.1) is 0 Å². The number of carbonyl (C=O) groups excluding carboxylic acids is 1. The fraction of sp³-hybridized carbons (Fsp3) is 0.643. The van der Waals surface area contributed by atoms with Crippen LogP contribution in [-0.2, 0) is 11.8 Å². The van der Waals surface area contributed by atoms with Gasteiger partial charge in [0.25, 0.3) is 5.91 Å². The van der Waals surface area contributed by atoms with Gasteiger partial charge in [-0.25, -0.2) is 0 Å². The first-order valence-electron chi connectivity index (χ1n) is 7.07. The Morgan fingerprint density at radius 3 is 2.38 bits per heavy atom. The zero-order chi connectivity index (χ0) is 15.7. The number of halogens is 1. The Morgan fingerprint density at radius 2 is 1.90 bits per heavy atom. The molecule has 0 bridgehead atoms. The summed E-state index contributed by atoms with van der Waals surface area (Å²) in [4.78, 5) is 25.3. The van der Waals surface area contributed by atoms with E-state index in [9.17, 15) is 9.59 Å². The number of aryl methyl sites for hydroxylation is 1. The van der Waals surface area contributed by atoms with Gasteiger partial charge in [0.05, 0.1) is 17.2 Å². The summed E-state index contributed by atoms with van der Waals surface area (Å²) in [6.45, 7) is 4.81. The van der Waals surface area contributed by atoms with E-state index >= 15 is 0 Å². The van der Waals surface area contributed by atoms with Crippen LogP contribution in [0.15, 0.2) is 0 Å². The topological polar surface area (TPSA) is 75.4 Å². The lowest BCUT2D eigenvalue weighted by molar-refractivity contribution is -0.143. The van der Waals surface area contributed by atoms with Gasteiger partial charge in [-0.05, 0) is 18.8 Å². The van der Waals surface area contributed by atoms with Crippen molar-refractivity contribution in [3.05, 3.63) is 16.4 Å². The predicted molar refractivity (Wildman–Crippen MR) is 78.6 cm³/mol. The minimum Gasteiger partial charge on any atom is -0.481 e. The third-order valence-corrected chi connectivity index (χ3v) is 4.33. The van der Waals surface area contributed by atoms with E-state index < -0.39 is 5.97 Å². The third kappa shape index (κ3) is 3.05. The number of hydrogen-bond donors (Lipinski definition) is 1. The van der Waals surface area contributed by atoms with Crippen molar-refractivity contribution in [1.82, 2.24) is 14.7 Å². The fourth-order valence-corrected chi connectivity index (χ4v) is 2.83. The highest BCUT2D eigenvalue weighted by atomic mass is 35.5. The number of carboxylic acids is 1. The quantitative estimate of drug-likeness (QED) is 0.927. The molecular formula is C14H20ClN3O3. The second-order valence-corrected chi connectivity index (χ2v) is 6.09. The van der Waals surface area contributed by atoms with Gasteiger partial charge in [0.15, 0.2) is 0 Å². The van der Waals surface area contributed by atoms with E-state index in [1.54, 1.807) is 11.9 Å². The minimum atomic E-state index is -0.788. The maximum Gasteiger partial charge on any atom is 0.306 e. The highest BCUT2D eigenvalue weighted by Gasteiger charge is 2.31. The Bertz CT molecular complexity index is 560. The van der Waals surface area contributed by atoms with Crippen molar-refractivity contribution in [2.45, 2.75) is 32.6 Å². The van der Waals surface area contributed by atoms with Crippen molar-refractivity contribution in [1.29, 1.82) is 0 Å². The standard InChI is InChI=1S/C14H20ClN3O3/c1-8(2)11-10(12(15)17(3)16-11)13(19)18-6-4-9(5-7-18)14(20)21/h8-9H,4-7H2,1-3H3,(H,20,21). The van der Waals surface area contributed by atoms with E-state index in [4.69, 9.17) is 16.7 Å². The number of likely N-dealkylation sites (tertiary alicyclic amines) is 1. The molecule has 1 saturated heterocycles. The molecular weight excluding hydrogens is 294 g/mol. The van der Waals surface area contributed by atoms with Crippen LogP contribution in [0.2, 0.25) is 5.15 Å². The molecule has 1 aromatic rings. The Kier molecular flexibility index (Phi) is 4.56. The lowest BCUT2D eigenvalue weighted by Gasteiger charge is -2.30. The summed E-state index contributed by atoms with van der Waals surface area (Å²) in [5.41, 5.74) is 1.13. The third-order valence-electron chi connectivity index (χ3n) is 3.90. The van der Waals surface area contributed by atoms with Crippen molar-refractivity contribution in [2.75, 3.05) is 13.1 Å². The van der Waals surface area contributed by atoms with E-state index in [2.05, 4.69) is 5.10 Å². The first-order valence-corrected chi connectivity index (χ1v) is 7.45. The molecule has 0 aliphatic carbocycles. The zero-order valence-corrected chi connectivity index (χ0v) is 13.2. The second kappa shape index (κ2) is 6.05. The summed E-state index contributed by atoms with van der Waals surface area (Å²) < 4.78 is 1.51. The molecule has 0 aromatic carbocycles. The molecule has 1 aliphatic rings. The number of rotatable bonds is 3. The number of aliphatic carboxylic acids is 1. The molecule has 2 rings (SSSR count). The number of amides is 1. The van der Waals surface area contributed by atoms with Gasteiger partial charge in [0, 0.05) is 20.1 Å². The summed E-state index contributed by atoms with van der Waals surface area (Å²) in [5.74, 6) is -1.20. The van der Waals surface area contributed by atoms with Crippen LogP contribution in [0.4, 0.5) is 0 Å². The molecule has 7 heteroatoms. The number of carboxylic acid groups (broad SMARTS) is 1. The normalized spacial score (nSPS) is 16.5.